The van der Waals surface area contributed by atoms with Crippen LogP contribution in [0, 0.1) is 0 Å². The average Bonchev–Trinajstić information content (AvgIpc) is 3.14. The topological polar surface area (TPSA) is 97.2 Å². The van der Waals surface area contributed by atoms with Gasteiger partial charge in [-0.3, -0.25) is 4.79 Å². The highest BCUT2D eigenvalue weighted by Crippen LogP contribution is 2.24. The van der Waals surface area contributed by atoms with Gasteiger partial charge in [0.15, 0.2) is 11.0 Å². The number of sulfonamides is 1. The first-order valence-corrected chi connectivity index (χ1v) is 12.7. The Morgan fingerprint density at radius 2 is 1.69 bits per heavy atom. The van der Waals surface area contributed by atoms with Gasteiger partial charge >= 0.3 is 0 Å². The van der Waals surface area contributed by atoms with E-state index in [4.69, 9.17) is 11.6 Å². The molecular weight excluding hydrogens is 470 g/mol. The molecule has 1 N–H and O–H groups in total. The van der Waals surface area contributed by atoms with Gasteiger partial charge in [0.05, 0.1) is 10.6 Å². The summed E-state index contributed by atoms with van der Waals surface area (Å²) in [6.45, 7) is 4.39. The molecule has 0 radical (unpaired) electrons. The number of nitrogens with zero attached hydrogens (tertiary/aromatic N) is 4. The van der Waals surface area contributed by atoms with Crippen LogP contribution in [0.5, 0.6) is 0 Å². The smallest absolute Gasteiger partial charge is 0.243 e. The predicted molar refractivity (Wildman–Crippen MR) is 127 cm³/mol. The molecule has 3 aromatic rings. The molecule has 0 bridgehead atoms. The van der Waals surface area contributed by atoms with Gasteiger partial charge in [0.1, 0.15) is 0 Å². The summed E-state index contributed by atoms with van der Waals surface area (Å²) in [5, 5.41) is 12.4. The van der Waals surface area contributed by atoms with E-state index in [0.29, 0.717) is 34.8 Å². The Kier molecular flexibility index (Phi) is 7.94. The zero-order chi connectivity index (χ0) is 23.3. The van der Waals surface area contributed by atoms with Crippen LogP contribution in [0.1, 0.15) is 13.8 Å². The van der Waals surface area contributed by atoms with Crippen LogP contribution in [0.15, 0.2) is 58.6 Å². The van der Waals surface area contributed by atoms with Gasteiger partial charge in [-0.05, 0) is 48.5 Å². The van der Waals surface area contributed by atoms with Crippen LogP contribution in [-0.2, 0) is 21.9 Å². The van der Waals surface area contributed by atoms with Crippen molar-refractivity contribution in [3.63, 3.8) is 0 Å². The van der Waals surface area contributed by atoms with Crippen LogP contribution < -0.4 is 5.32 Å². The average molecular weight is 494 g/mol. The van der Waals surface area contributed by atoms with Crippen molar-refractivity contribution in [1.29, 1.82) is 0 Å². The number of benzene rings is 2. The summed E-state index contributed by atoms with van der Waals surface area (Å²) in [5.41, 5.74) is 1.40. The highest BCUT2D eigenvalue weighted by molar-refractivity contribution is 7.99. The SMILES string of the molecule is CCN(CC)S(=O)(=O)c1ccc(NC(=O)CSc2nnc(-c3ccc(Cl)cc3)n2C)cc1. The maximum atomic E-state index is 12.6. The van der Waals surface area contributed by atoms with Crippen molar-refractivity contribution in [3.8, 4) is 11.4 Å². The van der Waals surface area contributed by atoms with Crippen molar-refractivity contribution < 1.29 is 13.2 Å². The summed E-state index contributed by atoms with van der Waals surface area (Å²) in [6, 6.07) is 13.4. The van der Waals surface area contributed by atoms with Crippen molar-refractivity contribution in [3.05, 3.63) is 53.6 Å². The largest absolute Gasteiger partial charge is 0.325 e. The third-order valence-electron chi connectivity index (χ3n) is 4.75. The molecule has 0 spiro atoms. The minimum atomic E-state index is -3.53. The van der Waals surface area contributed by atoms with Gasteiger partial charge < -0.3 is 9.88 Å². The molecule has 1 aromatic heterocycles. The predicted octanol–water partition coefficient (Wildman–Crippen LogP) is 3.90. The first-order chi connectivity index (χ1) is 15.3. The summed E-state index contributed by atoms with van der Waals surface area (Å²) in [6.07, 6.45) is 0. The molecule has 0 aliphatic rings. The molecule has 0 aliphatic carbocycles. The van der Waals surface area contributed by atoms with E-state index in [1.807, 2.05) is 23.7 Å². The Morgan fingerprint density at radius 3 is 2.28 bits per heavy atom. The fourth-order valence-electron chi connectivity index (χ4n) is 3.04. The number of hydrogen-bond donors (Lipinski definition) is 1. The lowest BCUT2D eigenvalue weighted by atomic mass is 10.2. The third-order valence-corrected chi connectivity index (χ3v) is 8.09. The Bertz CT molecular complexity index is 1180. The second kappa shape index (κ2) is 10.5. The van der Waals surface area contributed by atoms with E-state index in [2.05, 4.69) is 15.5 Å². The minimum Gasteiger partial charge on any atom is -0.325 e. The second-order valence-corrected chi connectivity index (χ2v) is 10.1. The van der Waals surface area contributed by atoms with E-state index in [1.54, 1.807) is 38.1 Å². The number of amides is 1. The van der Waals surface area contributed by atoms with Crippen molar-refractivity contribution in [1.82, 2.24) is 19.1 Å². The molecule has 32 heavy (non-hydrogen) atoms. The van der Waals surface area contributed by atoms with Gasteiger partial charge in [-0.15, -0.1) is 10.2 Å². The van der Waals surface area contributed by atoms with Crippen molar-refractivity contribution in [2.45, 2.75) is 23.9 Å². The number of carbonyl (C=O) groups is 1. The molecule has 0 aliphatic heterocycles. The number of hydrogen-bond acceptors (Lipinski definition) is 6. The molecule has 0 saturated carbocycles. The number of halogens is 1. The first kappa shape index (κ1) is 24.2. The second-order valence-electron chi connectivity index (χ2n) is 6.82. The van der Waals surface area contributed by atoms with Crippen molar-refractivity contribution >= 4 is 45.0 Å². The van der Waals surface area contributed by atoms with Crippen LogP contribution >= 0.6 is 23.4 Å². The van der Waals surface area contributed by atoms with Crippen LogP contribution in [0.2, 0.25) is 5.02 Å². The molecule has 8 nitrogen and oxygen atoms in total. The molecule has 1 heterocycles. The molecule has 2 aromatic carbocycles. The van der Waals surface area contributed by atoms with E-state index in [1.165, 1.54) is 28.2 Å². The van der Waals surface area contributed by atoms with Crippen LogP contribution in [0.3, 0.4) is 0 Å². The highest BCUT2D eigenvalue weighted by Gasteiger charge is 2.21. The third kappa shape index (κ3) is 5.50. The highest BCUT2D eigenvalue weighted by atomic mass is 35.5. The van der Waals surface area contributed by atoms with Crippen molar-refractivity contribution in [2.75, 3.05) is 24.2 Å². The molecule has 1 amide bonds. The number of rotatable bonds is 9. The Labute approximate surface area is 197 Å². The van der Waals surface area contributed by atoms with Gasteiger partial charge in [-0.25, -0.2) is 8.42 Å². The molecule has 0 saturated heterocycles. The summed E-state index contributed by atoms with van der Waals surface area (Å²) in [5.74, 6) is 0.575. The van der Waals surface area contributed by atoms with Gasteiger partial charge in [0.2, 0.25) is 15.9 Å². The Hall–Kier alpha value is -2.40. The van der Waals surface area contributed by atoms with Gasteiger partial charge in [0, 0.05) is 36.4 Å². The van der Waals surface area contributed by atoms with E-state index in [0.717, 1.165) is 5.56 Å². The minimum absolute atomic E-state index is 0.131. The van der Waals surface area contributed by atoms with Crippen LogP contribution in [-0.4, -0.2) is 52.2 Å². The maximum absolute atomic E-state index is 12.6. The molecule has 170 valence electrons. The summed E-state index contributed by atoms with van der Waals surface area (Å²) in [7, 11) is -1.70. The molecule has 0 fully saturated rings. The summed E-state index contributed by atoms with van der Waals surface area (Å²) >= 11 is 7.19. The van der Waals surface area contributed by atoms with E-state index >= 15 is 0 Å². The van der Waals surface area contributed by atoms with Gasteiger partial charge in [-0.1, -0.05) is 37.2 Å². The standard InChI is InChI=1S/C21H24ClN5O3S2/c1-4-27(5-2)32(29,30)18-12-10-17(11-13-18)23-19(28)14-31-21-25-24-20(26(21)3)15-6-8-16(22)9-7-15/h6-13H,4-5,14H2,1-3H3,(H,23,28). The van der Waals surface area contributed by atoms with Crippen molar-refractivity contribution in [2.24, 2.45) is 7.05 Å². The van der Waals surface area contributed by atoms with E-state index in [-0.39, 0.29) is 16.6 Å². The summed E-state index contributed by atoms with van der Waals surface area (Å²) < 4.78 is 28.3. The monoisotopic (exact) mass is 493 g/mol. The Balaban J connectivity index is 1.60. The zero-order valence-electron chi connectivity index (χ0n) is 17.9. The zero-order valence-corrected chi connectivity index (χ0v) is 20.3. The molecule has 3 rings (SSSR count). The van der Waals surface area contributed by atoms with E-state index in [9.17, 15) is 13.2 Å². The Morgan fingerprint density at radius 1 is 1.06 bits per heavy atom. The first-order valence-electron chi connectivity index (χ1n) is 9.94. The van der Waals surface area contributed by atoms with Crippen LogP contribution in [0.25, 0.3) is 11.4 Å². The van der Waals surface area contributed by atoms with Gasteiger partial charge in [-0.2, -0.15) is 4.31 Å². The number of carbonyl (C=O) groups excluding carboxylic acids is 1. The lowest BCUT2D eigenvalue weighted by molar-refractivity contribution is -0.113. The quantitative estimate of drug-likeness (QED) is 0.454. The lowest BCUT2D eigenvalue weighted by Gasteiger charge is -2.18. The molecule has 0 unspecified atom stereocenters. The fourth-order valence-corrected chi connectivity index (χ4v) is 5.34. The fraction of sp³-hybridized carbons (Fsp3) is 0.286. The normalized spacial score (nSPS) is 11.7. The van der Waals surface area contributed by atoms with Gasteiger partial charge in [0.25, 0.3) is 0 Å². The number of aromatic nitrogens is 3. The lowest BCUT2D eigenvalue weighted by Crippen LogP contribution is -2.30. The molecular formula is C21H24ClN5O3S2. The van der Waals surface area contributed by atoms with E-state index < -0.39 is 10.0 Å². The molecule has 11 heteroatoms. The maximum Gasteiger partial charge on any atom is 0.243 e. The number of anilines is 1. The summed E-state index contributed by atoms with van der Waals surface area (Å²) in [4.78, 5) is 12.6. The molecule has 0 atom stereocenters. The van der Waals surface area contributed by atoms with Crippen LogP contribution in [0.4, 0.5) is 5.69 Å². The number of nitrogens with one attached hydrogen (secondary N) is 1. The number of thioether (sulfide) groups is 1.